The molecule has 0 bridgehead atoms. The number of halogens is 1. The zero-order valence-electron chi connectivity index (χ0n) is 17.8. The van der Waals surface area contributed by atoms with Crippen LogP contribution in [0.25, 0.3) is 6.08 Å². The summed E-state index contributed by atoms with van der Waals surface area (Å²) in [6.45, 7) is 2.43. The molecule has 0 radical (unpaired) electrons. The molecule has 1 saturated heterocycles. The minimum absolute atomic E-state index is 0.213. The van der Waals surface area contributed by atoms with E-state index in [0.717, 1.165) is 22.3 Å². The van der Waals surface area contributed by atoms with Crippen LogP contribution in [-0.4, -0.2) is 16.8 Å². The summed E-state index contributed by atoms with van der Waals surface area (Å²) in [7, 11) is 0. The standard InChI is InChI=1S/C26H20BrN3O3/c1-17-5-4-6-19(11-17)15-30-25(31)23(29-26(30)32)13-18-9-10-24(22(27)12-18)33-16-21-8-3-2-7-20(21)14-28/h2-13H,15-16H2,1H3,(H,29,32)/b23-13+. The van der Waals surface area contributed by atoms with Crippen molar-refractivity contribution >= 4 is 33.9 Å². The monoisotopic (exact) mass is 501 g/mol. The lowest BCUT2D eigenvalue weighted by Gasteiger charge is -2.12. The summed E-state index contributed by atoms with van der Waals surface area (Å²) in [5, 5.41) is 11.9. The fourth-order valence-electron chi connectivity index (χ4n) is 3.51. The molecule has 1 N–H and O–H groups in total. The fraction of sp³-hybridized carbons (Fsp3) is 0.115. The Hall–Kier alpha value is -3.89. The second-order valence-electron chi connectivity index (χ2n) is 7.62. The maximum Gasteiger partial charge on any atom is 0.329 e. The number of nitrogens with one attached hydrogen (secondary N) is 1. The normalized spacial score (nSPS) is 14.3. The lowest BCUT2D eigenvalue weighted by atomic mass is 10.1. The first-order valence-corrected chi connectivity index (χ1v) is 11.0. The Bertz CT molecular complexity index is 1310. The molecule has 7 heteroatoms. The summed E-state index contributed by atoms with van der Waals surface area (Å²) in [4.78, 5) is 26.4. The van der Waals surface area contributed by atoms with Gasteiger partial charge in [0.15, 0.2) is 0 Å². The topological polar surface area (TPSA) is 82.4 Å². The van der Waals surface area contributed by atoms with Crippen molar-refractivity contribution in [2.45, 2.75) is 20.1 Å². The number of rotatable bonds is 6. The van der Waals surface area contributed by atoms with Gasteiger partial charge in [-0.2, -0.15) is 5.26 Å². The molecule has 1 heterocycles. The summed E-state index contributed by atoms with van der Waals surface area (Å²) in [6.07, 6.45) is 1.63. The molecule has 4 rings (SSSR count). The number of hydrogen-bond donors (Lipinski definition) is 1. The van der Waals surface area contributed by atoms with Gasteiger partial charge in [-0.3, -0.25) is 9.69 Å². The predicted molar refractivity (Wildman–Crippen MR) is 128 cm³/mol. The van der Waals surface area contributed by atoms with Crippen LogP contribution in [0.4, 0.5) is 4.79 Å². The molecular formula is C26H20BrN3O3. The van der Waals surface area contributed by atoms with Crippen LogP contribution in [0.3, 0.4) is 0 Å². The van der Waals surface area contributed by atoms with Gasteiger partial charge in [0.25, 0.3) is 5.91 Å². The number of carbonyl (C=O) groups excluding carboxylic acids is 2. The lowest BCUT2D eigenvalue weighted by molar-refractivity contribution is -0.123. The molecule has 0 atom stereocenters. The van der Waals surface area contributed by atoms with Crippen molar-refractivity contribution in [1.29, 1.82) is 5.26 Å². The van der Waals surface area contributed by atoms with Gasteiger partial charge < -0.3 is 10.1 Å². The lowest BCUT2D eigenvalue weighted by Crippen LogP contribution is -2.30. The molecule has 3 amide bonds. The number of nitrogens with zero attached hydrogens (tertiary/aromatic N) is 2. The Morgan fingerprint density at radius 2 is 1.91 bits per heavy atom. The Morgan fingerprint density at radius 3 is 2.67 bits per heavy atom. The molecule has 0 aromatic heterocycles. The molecule has 0 saturated carbocycles. The third-order valence-corrected chi connectivity index (χ3v) is 5.79. The number of aryl methyl sites for hydroxylation is 1. The van der Waals surface area contributed by atoms with Crippen molar-refractivity contribution in [3.63, 3.8) is 0 Å². The van der Waals surface area contributed by atoms with Gasteiger partial charge >= 0.3 is 6.03 Å². The average Bonchev–Trinajstić information content (AvgIpc) is 3.06. The van der Waals surface area contributed by atoms with E-state index >= 15 is 0 Å². The van der Waals surface area contributed by atoms with E-state index in [2.05, 4.69) is 27.3 Å². The van der Waals surface area contributed by atoms with Crippen molar-refractivity contribution in [1.82, 2.24) is 10.2 Å². The third-order valence-electron chi connectivity index (χ3n) is 5.17. The van der Waals surface area contributed by atoms with Gasteiger partial charge in [0.2, 0.25) is 0 Å². The highest BCUT2D eigenvalue weighted by molar-refractivity contribution is 9.10. The molecule has 0 spiro atoms. The van der Waals surface area contributed by atoms with E-state index in [4.69, 9.17) is 4.74 Å². The van der Waals surface area contributed by atoms with E-state index in [9.17, 15) is 14.9 Å². The SMILES string of the molecule is Cc1cccc(CN2C(=O)N/C(=C/c3ccc(OCc4ccccc4C#N)c(Br)c3)C2=O)c1. The summed E-state index contributed by atoms with van der Waals surface area (Å²) < 4.78 is 6.55. The van der Waals surface area contributed by atoms with Crippen molar-refractivity contribution in [3.05, 3.63) is 105 Å². The van der Waals surface area contributed by atoms with Crippen LogP contribution in [0.5, 0.6) is 5.75 Å². The highest BCUT2D eigenvalue weighted by atomic mass is 79.9. The molecule has 0 unspecified atom stereocenters. The zero-order chi connectivity index (χ0) is 23.4. The summed E-state index contributed by atoms with van der Waals surface area (Å²) >= 11 is 3.49. The van der Waals surface area contributed by atoms with Crippen LogP contribution in [0.15, 0.2) is 76.9 Å². The maximum absolute atomic E-state index is 12.8. The van der Waals surface area contributed by atoms with Crippen LogP contribution in [0, 0.1) is 18.3 Å². The van der Waals surface area contributed by atoms with Crippen molar-refractivity contribution < 1.29 is 14.3 Å². The van der Waals surface area contributed by atoms with Crippen LogP contribution in [-0.2, 0) is 17.9 Å². The average molecular weight is 502 g/mol. The van der Waals surface area contributed by atoms with Crippen molar-refractivity contribution in [2.75, 3.05) is 0 Å². The van der Waals surface area contributed by atoms with E-state index in [1.54, 1.807) is 30.3 Å². The Labute approximate surface area is 200 Å². The number of imide groups is 1. The first-order valence-electron chi connectivity index (χ1n) is 10.2. The number of ether oxygens (including phenoxy) is 1. The van der Waals surface area contributed by atoms with Gasteiger partial charge in [0.1, 0.15) is 18.1 Å². The number of hydrogen-bond acceptors (Lipinski definition) is 4. The highest BCUT2D eigenvalue weighted by Crippen LogP contribution is 2.28. The van der Waals surface area contributed by atoms with Crippen LogP contribution in [0.1, 0.15) is 27.8 Å². The summed E-state index contributed by atoms with van der Waals surface area (Å²) in [6, 6.07) is 22.1. The third kappa shape index (κ3) is 5.13. The highest BCUT2D eigenvalue weighted by Gasteiger charge is 2.33. The summed E-state index contributed by atoms with van der Waals surface area (Å²) in [5.41, 5.74) is 4.27. The van der Waals surface area contributed by atoms with Gasteiger partial charge in [-0.15, -0.1) is 0 Å². The smallest absolute Gasteiger partial charge is 0.329 e. The number of carbonyl (C=O) groups is 2. The Kier molecular flexibility index (Phi) is 6.57. The molecule has 3 aromatic carbocycles. The Morgan fingerprint density at radius 1 is 1.09 bits per heavy atom. The van der Waals surface area contributed by atoms with Gasteiger partial charge in [0.05, 0.1) is 22.7 Å². The number of nitriles is 1. The molecule has 0 aliphatic carbocycles. The second kappa shape index (κ2) is 9.72. The summed E-state index contributed by atoms with van der Waals surface area (Å²) in [5.74, 6) is 0.235. The molecule has 1 aliphatic heterocycles. The number of urea groups is 1. The van der Waals surface area contributed by atoms with Gasteiger partial charge in [0, 0.05) is 5.56 Å². The predicted octanol–water partition coefficient (Wildman–Crippen LogP) is 5.30. The molecule has 3 aromatic rings. The second-order valence-corrected chi connectivity index (χ2v) is 8.47. The fourth-order valence-corrected chi connectivity index (χ4v) is 4.02. The van der Waals surface area contributed by atoms with E-state index in [0.29, 0.717) is 15.8 Å². The molecular weight excluding hydrogens is 482 g/mol. The largest absolute Gasteiger partial charge is 0.488 e. The quantitative estimate of drug-likeness (QED) is 0.366. The number of benzene rings is 3. The first kappa shape index (κ1) is 22.3. The van der Waals surface area contributed by atoms with E-state index < -0.39 is 6.03 Å². The minimum Gasteiger partial charge on any atom is -0.488 e. The Balaban J connectivity index is 1.46. The van der Waals surface area contributed by atoms with Gasteiger partial charge in [-0.05, 0) is 58.3 Å². The number of amides is 3. The van der Waals surface area contributed by atoms with Crippen LogP contribution < -0.4 is 10.1 Å². The molecule has 6 nitrogen and oxygen atoms in total. The minimum atomic E-state index is -0.442. The molecule has 164 valence electrons. The first-order chi connectivity index (χ1) is 15.9. The van der Waals surface area contributed by atoms with Crippen molar-refractivity contribution in [2.24, 2.45) is 0 Å². The van der Waals surface area contributed by atoms with Gasteiger partial charge in [-0.25, -0.2) is 4.79 Å². The molecule has 33 heavy (non-hydrogen) atoms. The van der Waals surface area contributed by atoms with E-state index in [-0.39, 0.29) is 24.8 Å². The van der Waals surface area contributed by atoms with Crippen LogP contribution >= 0.6 is 15.9 Å². The van der Waals surface area contributed by atoms with Crippen LogP contribution in [0.2, 0.25) is 0 Å². The zero-order valence-corrected chi connectivity index (χ0v) is 19.4. The molecule has 1 fully saturated rings. The van der Waals surface area contributed by atoms with Crippen molar-refractivity contribution in [3.8, 4) is 11.8 Å². The molecule has 1 aliphatic rings. The van der Waals surface area contributed by atoms with E-state index in [1.165, 1.54) is 4.90 Å². The maximum atomic E-state index is 12.8. The van der Waals surface area contributed by atoms with E-state index in [1.807, 2.05) is 49.4 Å². The van der Waals surface area contributed by atoms with Gasteiger partial charge in [-0.1, -0.05) is 54.1 Å².